The van der Waals surface area contributed by atoms with Crippen LogP contribution in [0.15, 0.2) is 48.7 Å². The van der Waals surface area contributed by atoms with Gasteiger partial charge >= 0.3 is 12.1 Å². The van der Waals surface area contributed by atoms with Gasteiger partial charge in [-0.2, -0.15) is 5.10 Å². The van der Waals surface area contributed by atoms with Crippen molar-refractivity contribution in [3.63, 3.8) is 0 Å². The Morgan fingerprint density at radius 2 is 1.76 bits per heavy atom. The van der Waals surface area contributed by atoms with E-state index in [0.29, 0.717) is 34.4 Å². The Balaban J connectivity index is 1.23. The number of esters is 1. The lowest BCUT2D eigenvalue weighted by atomic mass is 10.0. The molecule has 5 rings (SSSR count). The molecule has 1 aliphatic heterocycles. The quantitative estimate of drug-likeness (QED) is 0.256. The third-order valence-electron chi connectivity index (χ3n) is 7.53. The van der Waals surface area contributed by atoms with E-state index in [0.717, 1.165) is 24.1 Å². The van der Waals surface area contributed by atoms with E-state index in [4.69, 9.17) is 30.5 Å². The molecule has 1 saturated carbocycles. The predicted octanol–water partition coefficient (Wildman–Crippen LogP) is 5.94. The highest BCUT2D eigenvalue weighted by Crippen LogP contribution is 2.38. The van der Waals surface area contributed by atoms with Crippen LogP contribution in [0, 0.1) is 11.8 Å². The molecule has 1 fully saturated rings. The van der Waals surface area contributed by atoms with Gasteiger partial charge in [-0.25, -0.2) is 14.3 Å². The van der Waals surface area contributed by atoms with Gasteiger partial charge < -0.3 is 29.2 Å². The van der Waals surface area contributed by atoms with Gasteiger partial charge in [-0.1, -0.05) is 25.4 Å². The van der Waals surface area contributed by atoms with E-state index in [1.807, 2.05) is 32.2 Å². The number of anilines is 1. The summed E-state index contributed by atoms with van der Waals surface area (Å²) >= 11 is 6.00. The van der Waals surface area contributed by atoms with Crippen LogP contribution in [0.25, 0.3) is 5.69 Å². The number of hydrogen-bond donors (Lipinski definition) is 1. The molecule has 1 aromatic heterocycles. The number of fused-ring (bicyclic) bond motifs is 1. The molecular weight excluding hydrogens is 600 g/mol. The Morgan fingerprint density at radius 1 is 1.07 bits per heavy atom. The molecule has 12 heteroatoms. The van der Waals surface area contributed by atoms with Crippen molar-refractivity contribution in [2.24, 2.45) is 11.8 Å². The average Bonchev–Trinajstić information content (AvgIpc) is 3.67. The molecule has 0 spiro atoms. The van der Waals surface area contributed by atoms with Crippen molar-refractivity contribution in [1.82, 2.24) is 15.1 Å². The molecule has 2 aliphatic rings. The lowest BCUT2D eigenvalue weighted by molar-refractivity contribution is -0.155. The molecule has 1 N–H and O–H groups in total. The molecule has 2 amide bonds. The highest BCUT2D eigenvalue weighted by molar-refractivity contribution is 6.30. The van der Waals surface area contributed by atoms with E-state index in [1.165, 1.54) is 7.11 Å². The number of halogens is 1. The molecule has 0 bridgehead atoms. The lowest BCUT2D eigenvalue weighted by Gasteiger charge is -2.27. The number of benzene rings is 2. The maximum absolute atomic E-state index is 13.3. The highest BCUT2D eigenvalue weighted by Gasteiger charge is 2.38. The summed E-state index contributed by atoms with van der Waals surface area (Å²) in [5, 5.41) is 7.78. The maximum atomic E-state index is 13.3. The molecule has 11 nitrogen and oxygen atoms in total. The first kappa shape index (κ1) is 32.2. The lowest BCUT2D eigenvalue weighted by Crippen LogP contribution is -2.48. The van der Waals surface area contributed by atoms with Gasteiger partial charge in [0.15, 0.2) is 17.2 Å². The van der Waals surface area contributed by atoms with Crippen molar-refractivity contribution in [2.45, 2.75) is 71.8 Å². The number of nitrogens with one attached hydrogen (secondary N) is 1. The number of methoxy groups -OCH3 is 1. The summed E-state index contributed by atoms with van der Waals surface area (Å²) in [5.41, 5.74) is 1.95. The molecule has 2 heterocycles. The van der Waals surface area contributed by atoms with E-state index < -0.39 is 29.8 Å². The van der Waals surface area contributed by atoms with Gasteiger partial charge in [0.25, 0.3) is 5.91 Å². The normalized spacial score (nSPS) is 15.8. The van der Waals surface area contributed by atoms with Gasteiger partial charge in [0.2, 0.25) is 0 Å². The maximum Gasteiger partial charge on any atom is 0.408 e. The summed E-state index contributed by atoms with van der Waals surface area (Å²) in [6.45, 7) is 9.40. The first-order valence-electron chi connectivity index (χ1n) is 15.0. The van der Waals surface area contributed by atoms with Gasteiger partial charge in [0.05, 0.1) is 19.3 Å². The summed E-state index contributed by atoms with van der Waals surface area (Å²) in [5.74, 6) is 0.0822. The summed E-state index contributed by atoms with van der Waals surface area (Å²) in [4.78, 5) is 40.4. The Morgan fingerprint density at radius 3 is 2.36 bits per heavy atom. The number of carbonyl (C=O) groups excluding carboxylic acids is 3. The van der Waals surface area contributed by atoms with Gasteiger partial charge in [-0.15, -0.1) is 0 Å². The van der Waals surface area contributed by atoms with Crippen molar-refractivity contribution in [2.75, 3.05) is 18.6 Å². The second-order valence-corrected chi connectivity index (χ2v) is 13.1. The minimum atomic E-state index is -0.870. The van der Waals surface area contributed by atoms with E-state index >= 15 is 0 Å². The smallest absolute Gasteiger partial charge is 0.408 e. The van der Waals surface area contributed by atoms with Crippen LogP contribution in [0.1, 0.15) is 63.5 Å². The Hall–Kier alpha value is -4.25. The van der Waals surface area contributed by atoms with Gasteiger partial charge in [-0.05, 0) is 81.8 Å². The zero-order chi connectivity index (χ0) is 32.5. The van der Waals surface area contributed by atoms with Crippen molar-refractivity contribution in [3.05, 3.63) is 64.9 Å². The van der Waals surface area contributed by atoms with E-state index in [2.05, 4.69) is 10.4 Å². The van der Waals surface area contributed by atoms with Crippen LogP contribution < -0.4 is 19.7 Å². The summed E-state index contributed by atoms with van der Waals surface area (Å²) in [7, 11) is 1.52. The molecular formula is C33H39ClN4O7. The SMILES string of the molecule is COc1cc(N2Cc3cn(-c4ccc(Cl)cc4)nc3C2=O)ccc1OC[C@H](OC(=O)C(NC(=O)OC(C)(C)C)C(C)C)C1CC1. The monoisotopic (exact) mass is 638 g/mol. The van der Waals surface area contributed by atoms with Gasteiger partial charge in [0, 0.05) is 28.5 Å². The molecule has 1 aliphatic carbocycles. The third kappa shape index (κ3) is 7.70. The van der Waals surface area contributed by atoms with Crippen molar-refractivity contribution in [1.29, 1.82) is 0 Å². The van der Waals surface area contributed by atoms with E-state index in [1.54, 1.807) is 60.7 Å². The fourth-order valence-electron chi connectivity index (χ4n) is 5.01. The zero-order valence-corrected chi connectivity index (χ0v) is 27.1. The number of aromatic nitrogens is 2. The molecule has 240 valence electrons. The second-order valence-electron chi connectivity index (χ2n) is 12.6. The first-order valence-corrected chi connectivity index (χ1v) is 15.4. The number of alkyl carbamates (subject to hydrolysis) is 1. The first-order chi connectivity index (χ1) is 21.3. The topological polar surface area (TPSA) is 121 Å². The van der Waals surface area contributed by atoms with Crippen LogP contribution >= 0.6 is 11.6 Å². The Bertz CT molecular complexity index is 1560. The fraction of sp³-hybridized carbons (Fsp3) is 0.455. The second kappa shape index (κ2) is 13.0. The van der Waals surface area contributed by atoms with Crippen LogP contribution in [-0.4, -0.2) is 59.2 Å². The molecule has 2 aromatic carbocycles. The van der Waals surface area contributed by atoms with Crippen molar-refractivity contribution < 1.29 is 33.3 Å². The van der Waals surface area contributed by atoms with Crippen molar-refractivity contribution in [3.8, 4) is 17.2 Å². The number of ether oxygens (including phenoxy) is 4. The molecule has 3 aromatic rings. The standard InChI is InChI=1S/C33H39ClN4O7/c1-19(2)28(35-32(41)45-33(3,4)5)31(40)44-27(20-7-8-20)18-43-25-14-13-24(15-26(25)42-6)37-16-21-17-38(36-29(21)30(37)39)23-11-9-22(34)10-12-23/h9-15,17,19-20,27-28H,7-8,16,18H2,1-6H3,(H,35,41)/t27-,28?/m0/s1. The summed E-state index contributed by atoms with van der Waals surface area (Å²) in [6, 6.07) is 11.6. The molecule has 0 saturated heterocycles. The van der Waals surface area contributed by atoms with Crippen LogP contribution in [0.4, 0.5) is 10.5 Å². The number of hydrogen-bond acceptors (Lipinski definition) is 8. The Labute approximate surface area is 267 Å². The summed E-state index contributed by atoms with van der Waals surface area (Å²) < 4.78 is 24.6. The van der Waals surface area contributed by atoms with Gasteiger partial charge in [0.1, 0.15) is 24.4 Å². The number of rotatable bonds is 11. The number of nitrogens with zero attached hydrogens (tertiary/aromatic N) is 3. The molecule has 45 heavy (non-hydrogen) atoms. The van der Waals surface area contributed by atoms with Crippen molar-refractivity contribution >= 4 is 35.3 Å². The van der Waals surface area contributed by atoms with Crippen LogP contribution in [0.5, 0.6) is 11.5 Å². The van der Waals surface area contributed by atoms with E-state index in [-0.39, 0.29) is 24.3 Å². The van der Waals surface area contributed by atoms with Crippen LogP contribution in [0.2, 0.25) is 5.02 Å². The summed E-state index contributed by atoms with van der Waals surface area (Å²) in [6.07, 6.45) is 2.49. The molecule has 0 radical (unpaired) electrons. The van der Waals surface area contributed by atoms with Crippen LogP contribution in [0.3, 0.4) is 0 Å². The minimum Gasteiger partial charge on any atom is -0.493 e. The average molecular weight is 639 g/mol. The minimum absolute atomic E-state index is 0.107. The number of carbonyl (C=O) groups is 3. The predicted molar refractivity (Wildman–Crippen MR) is 168 cm³/mol. The third-order valence-corrected chi connectivity index (χ3v) is 7.78. The molecule has 2 atom stereocenters. The number of amides is 2. The van der Waals surface area contributed by atoms with Gasteiger partial charge in [-0.3, -0.25) is 4.79 Å². The van der Waals surface area contributed by atoms with Crippen LogP contribution in [-0.2, 0) is 20.8 Å². The molecule has 1 unspecified atom stereocenters. The largest absolute Gasteiger partial charge is 0.493 e. The van der Waals surface area contributed by atoms with E-state index in [9.17, 15) is 14.4 Å². The zero-order valence-electron chi connectivity index (χ0n) is 26.3. The highest BCUT2D eigenvalue weighted by atomic mass is 35.5. The fourth-order valence-corrected chi connectivity index (χ4v) is 5.14. The Kier molecular flexibility index (Phi) is 9.29.